The van der Waals surface area contributed by atoms with Crippen molar-refractivity contribution in [1.82, 2.24) is 10.6 Å². The summed E-state index contributed by atoms with van der Waals surface area (Å²) in [6.45, 7) is 14.7. The van der Waals surface area contributed by atoms with Gasteiger partial charge in [0.2, 0.25) is 0 Å². The summed E-state index contributed by atoms with van der Waals surface area (Å²) in [5.74, 6) is -1.42. The number of nitrogens with zero attached hydrogens (tertiary/aromatic N) is 1. The first-order chi connectivity index (χ1) is 18.7. The molecule has 3 rings (SSSR count). The molecule has 8 heteroatoms. The van der Waals surface area contributed by atoms with Gasteiger partial charge in [-0.1, -0.05) is 32.9 Å². The average molecular weight is 560 g/mol. The zero-order valence-corrected chi connectivity index (χ0v) is 24.9. The van der Waals surface area contributed by atoms with Crippen molar-refractivity contribution < 1.29 is 23.4 Å². The molecule has 222 valence electrons. The molecule has 1 amide bonds. The van der Waals surface area contributed by atoms with Crippen molar-refractivity contribution in [1.29, 1.82) is 0 Å². The van der Waals surface area contributed by atoms with Crippen LogP contribution in [0.1, 0.15) is 77.5 Å². The van der Waals surface area contributed by atoms with E-state index in [9.17, 15) is 18.7 Å². The van der Waals surface area contributed by atoms with E-state index in [4.69, 9.17) is 4.74 Å². The fourth-order valence-corrected chi connectivity index (χ4v) is 5.17. The van der Waals surface area contributed by atoms with Crippen LogP contribution in [0.25, 0.3) is 0 Å². The molecule has 0 radical (unpaired) electrons. The topological polar surface area (TPSA) is 73.8 Å². The molecule has 1 fully saturated rings. The Labute approximate surface area is 238 Å². The number of carbonyl (C=O) groups is 1. The zero-order chi connectivity index (χ0) is 29.5. The molecule has 2 aromatic carbocycles. The minimum atomic E-state index is -1.03. The van der Waals surface area contributed by atoms with Gasteiger partial charge >= 0.3 is 6.09 Å². The Hall–Kier alpha value is -2.71. The molecular formula is C32H47F2N3O3. The predicted octanol–water partition coefficient (Wildman–Crippen LogP) is 6.13. The van der Waals surface area contributed by atoms with Crippen molar-refractivity contribution in [2.45, 2.75) is 97.9 Å². The van der Waals surface area contributed by atoms with E-state index in [1.807, 2.05) is 0 Å². The Morgan fingerprint density at radius 3 is 2.23 bits per heavy atom. The number of aliphatic hydroxyl groups is 1. The van der Waals surface area contributed by atoms with Crippen molar-refractivity contribution in [3.63, 3.8) is 0 Å². The number of hydrogen-bond donors (Lipinski definition) is 3. The minimum Gasteiger partial charge on any atom is -0.444 e. The largest absolute Gasteiger partial charge is 0.444 e. The number of carbonyl (C=O) groups excluding carboxylic acids is 1. The maximum atomic E-state index is 13.9. The number of piperidine rings is 1. The van der Waals surface area contributed by atoms with Gasteiger partial charge in [0.25, 0.3) is 0 Å². The standard InChI is InChI=1S/C32H47F2N3O3/c1-31(2,3)19-22-10-11-28(37-12-8-7-9-13-37)24(14-22)20-35-21-29(38)27(36-30(39)40-32(4,5)6)17-23-15-25(33)18-26(34)16-23/h10-11,14-16,18,27,29,35,38H,7-9,12-13,17,19-21H2,1-6H3,(H,36,39). The number of alkyl carbamates (subject to hydrolysis) is 1. The SMILES string of the molecule is CC(C)(C)Cc1ccc(N2CCCCC2)c(CNCC(O)C(Cc2cc(F)cc(F)c2)NC(=O)OC(C)(C)C)c1. The zero-order valence-electron chi connectivity index (χ0n) is 24.9. The Bertz CT molecular complexity index is 1100. The molecule has 0 aliphatic carbocycles. The van der Waals surface area contributed by atoms with Crippen LogP contribution in [0.3, 0.4) is 0 Å². The highest BCUT2D eigenvalue weighted by Gasteiger charge is 2.26. The van der Waals surface area contributed by atoms with Crippen LogP contribution in [0.2, 0.25) is 0 Å². The Balaban J connectivity index is 1.74. The number of ether oxygens (including phenoxy) is 1. The van der Waals surface area contributed by atoms with Gasteiger partial charge in [-0.15, -0.1) is 0 Å². The predicted molar refractivity (Wildman–Crippen MR) is 157 cm³/mol. The van der Waals surface area contributed by atoms with Gasteiger partial charge in [-0.25, -0.2) is 13.6 Å². The van der Waals surface area contributed by atoms with E-state index in [0.29, 0.717) is 12.1 Å². The van der Waals surface area contributed by atoms with Gasteiger partial charge in [0, 0.05) is 37.9 Å². The molecule has 1 aliphatic heterocycles. The number of amides is 1. The summed E-state index contributed by atoms with van der Waals surface area (Å²) in [4.78, 5) is 15.0. The van der Waals surface area contributed by atoms with Crippen LogP contribution in [0.4, 0.5) is 19.3 Å². The lowest BCUT2D eigenvalue weighted by Gasteiger charge is -2.32. The molecule has 1 saturated heterocycles. The van der Waals surface area contributed by atoms with Gasteiger partial charge in [0.1, 0.15) is 17.2 Å². The molecule has 0 spiro atoms. The van der Waals surface area contributed by atoms with Gasteiger partial charge in [0.05, 0.1) is 12.1 Å². The van der Waals surface area contributed by atoms with Crippen LogP contribution < -0.4 is 15.5 Å². The van der Waals surface area contributed by atoms with Crippen LogP contribution >= 0.6 is 0 Å². The van der Waals surface area contributed by atoms with Crippen LogP contribution in [-0.4, -0.2) is 48.6 Å². The van der Waals surface area contributed by atoms with Crippen molar-refractivity contribution in [3.8, 4) is 0 Å². The van der Waals surface area contributed by atoms with E-state index in [-0.39, 0.29) is 18.4 Å². The summed E-state index contributed by atoms with van der Waals surface area (Å²) in [6.07, 6.45) is 2.86. The highest BCUT2D eigenvalue weighted by atomic mass is 19.1. The molecule has 0 aromatic heterocycles. The van der Waals surface area contributed by atoms with Crippen molar-refractivity contribution in [2.24, 2.45) is 5.41 Å². The molecule has 0 saturated carbocycles. The summed E-state index contributed by atoms with van der Waals surface area (Å²) in [5, 5.41) is 17.2. The number of rotatable bonds is 10. The normalized spacial score (nSPS) is 16.0. The second-order valence-electron chi connectivity index (χ2n) is 13.2. The van der Waals surface area contributed by atoms with Gasteiger partial charge in [-0.05, 0) is 93.2 Å². The third-order valence-electron chi connectivity index (χ3n) is 6.79. The molecular weight excluding hydrogens is 512 g/mol. The first-order valence-corrected chi connectivity index (χ1v) is 14.4. The van der Waals surface area contributed by atoms with Crippen LogP contribution in [-0.2, 0) is 24.1 Å². The van der Waals surface area contributed by atoms with Gasteiger partial charge in [0.15, 0.2) is 0 Å². The highest BCUT2D eigenvalue weighted by Crippen LogP contribution is 2.28. The molecule has 2 unspecified atom stereocenters. The Kier molecular flexibility index (Phi) is 11.0. The summed E-state index contributed by atoms with van der Waals surface area (Å²) < 4.78 is 33.1. The van der Waals surface area contributed by atoms with Crippen LogP contribution in [0, 0.1) is 17.0 Å². The maximum absolute atomic E-state index is 13.9. The lowest BCUT2D eigenvalue weighted by Crippen LogP contribution is -2.50. The third kappa shape index (κ3) is 10.7. The summed E-state index contributed by atoms with van der Waals surface area (Å²) >= 11 is 0. The molecule has 40 heavy (non-hydrogen) atoms. The van der Waals surface area contributed by atoms with Gasteiger partial charge < -0.3 is 25.4 Å². The smallest absolute Gasteiger partial charge is 0.407 e. The molecule has 1 aliphatic rings. The van der Waals surface area contributed by atoms with E-state index >= 15 is 0 Å². The highest BCUT2D eigenvalue weighted by molar-refractivity contribution is 5.68. The number of nitrogens with one attached hydrogen (secondary N) is 2. The Morgan fingerprint density at radius 2 is 1.62 bits per heavy atom. The fourth-order valence-electron chi connectivity index (χ4n) is 5.17. The summed E-state index contributed by atoms with van der Waals surface area (Å²) in [7, 11) is 0. The number of aliphatic hydroxyl groups excluding tert-OH is 1. The summed E-state index contributed by atoms with van der Waals surface area (Å²) in [6, 6.07) is 9.07. The van der Waals surface area contributed by atoms with Crippen molar-refractivity contribution >= 4 is 11.8 Å². The van der Waals surface area contributed by atoms with E-state index < -0.39 is 35.5 Å². The van der Waals surface area contributed by atoms with Gasteiger partial charge in [-0.3, -0.25) is 0 Å². The first kappa shape index (κ1) is 31.8. The third-order valence-corrected chi connectivity index (χ3v) is 6.79. The van der Waals surface area contributed by atoms with E-state index in [1.54, 1.807) is 20.8 Å². The number of halogens is 2. The first-order valence-electron chi connectivity index (χ1n) is 14.4. The molecule has 3 N–H and O–H groups in total. The van der Waals surface area contributed by atoms with Crippen LogP contribution in [0.15, 0.2) is 36.4 Å². The molecule has 2 atom stereocenters. The minimum absolute atomic E-state index is 0.0386. The number of benzene rings is 2. The van der Waals surface area contributed by atoms with E-state index in [0.717, 1.165) is 25.6 Å². The molecule has 6 nitrogen and oxygen atoms in total. The lowest BCUT2D eigenvalue weighted by atomic mass is 9.87. The fraction of sp³-hybridized carbons (Fsp3) is 0.594. The molecule has 2 aromatic rings. The average Bonchev–Trinajstić information content (AvgIpc) is 2.81. The molecule has 1 heterocycles. The van der Waals surface area contributed by atoms with E-state index in [2.05, 4.69) is 54.5 Å². The Morgan fingerprint density at radius 1 is 0.975 bits per heavy atom. The van der Waals surface area contributed by atoms with Crippen LogP contribution in [0.5, 0.6) is 0 Å². The molecule has 0 bridgehead atoms. The maximum Gasteiger partial charge on any atom is 0.407 e. The quantitative estimate of drug-likeness (QED) is 0.327. The van der Waals surface area contributed by atoms with Crippen molar-refractivity contribution in [2.75, 3.05) is 24.5 Å². The van der Waals surface area contributed by atoms with Gasteiger partial charge in [-0.2, -0.15) is 0 Å². The number of hydrogen-bond acceptors (Lipinski definition) is 5. The second-order valence-corrected chi connectivity index (χ2v) is 13.2. The lowest BCUT2D eigenvalue weighted by molar-refractivity contribution is 0.0422. The number of anilines is 1. The monoisotopic (exact) mass is 559 g/mol. The van der Waals surface area contributed by atoms with E-state index in [1.165, 1.54) is 48.2 Å². The second kappa shape index (κ2) is 13.8. The summed E-state index contributed by atoms with van der Waals surface area (Å²) in [5.41, 5.74) is 3.40. The van der Waals surface area contributed by atoms with Crippen molar-refractivity contribution in [3.05, 3.63) is 64.7 Å².